The van der Waals surface area contributed by atoms with E-state index in [0.717, 1.165) is 11.1 Å². The molecule has 0 bridgehead atoms. The Labute approximate surface area is 243 Å². The summed E-state index contributed by atoms with van der Waals surface area (Å²) < 4.78 is 11.0. The molecule has 0 aliphatic carbocycles. The number of carbonyl (C=O) groups excluding carboxylic acids is 3. The van der Waals surface area contributed by atoms with Crippen LogP contribution in [0.3, 0.4) is 0 Å². The molecular formula is C35H28N2O5. The Hall–Kier alpha value is -5.17. The second kappa shape index (κ2) is 9.73. The van der Waals surface area contributed by atoms with Gasteiger partial charge >= 0.3 is 0 Å². The topological polar surface area (TPSA) is 84.9 Å². The molecule has 1 N–H and O–H groups in total. The maximum atomic E-state index is 15.0. The molecule has 4 atom stereocenters. The van der Waals surface area contributed by atoms with E-state index in [-0.39, 0.29) is 23.0 Å². The molecule has 1 fully saturated rings. The van der Waals surface area contributed by atoms with Gasteiger partial charge in [-0.25, -0.2) is 0 Å². The maximum absolute atomic E-state index is 15.0. The minimum absolute atomic E-state index is 0.232. The minimum Gasteiger partial charge on any atom is -0.497 e. The van der Waals surface area contributed by atoms with Crippen molar-refractivity contribution < 1.29 is 23.9 Å². The van der Waals surface area contributed by atoms with Gasteiger partial charge in [-0.05, 0) is 41.0 Å². The highest BCUT2D eigenvalue weighted by Gasteiger charge is 2.70. The van der Waals surface area contributed by atoms with Gasteiger partial charge in [-0.15, -0.1) is 0 Å². The van der Waals surface area contributed by atoms with Crippen LogP contribution in [0.5, 0.6) is 11.5 Å². The fourth-order valence-corrected chi connectivity index (χ4v) is 7.11. The molecule has 0 radical (unpaired) electrons. The lowest BCUT2D eigenvalue weighted by molar-refractivity contribution is -0.122. The fourth-order valence-electron chi connectivity index (χ4n) is 7.11. The van der Waals surface area contributed by atoms with E-state index < -0.39 is 23.4 Å². The van der Waals surface area contributed by atoms with Crippen molar-refractivity contribution in [2.24, 2.45) is 5.92 Å². The minimum atomic E-state index is -1.41. The highest BCUT2D eigenvalue weighted by Crippen LogP contribution is 2.62. The molecule has 7 heteroatoms. The van der Waals surface area contributed by atoms with Crippen molar-refractivity contribution in [1.82, 2.24) is 4.90 Å². The highest BCUT2D eigenvalue weighted by atomic mass is 16.5. The molecule has 4 aromatic rings. The first-order valence-electron chi connectivity index (χ1n) is 13.8. The molecule has 7 rings (SSSR count). The van der Waals surface area contributed by atoms with Gasteiger partial charge in [0, 0.05) is 23.5 Å². The summed E-state index contributed by atoms with van der Waals surface area (Å²) in [5.74, 6) is -1.14. The number of hydrogen-bond acceptors (Lipinski definition) is 6. The molecule has 208 valence electrons. The molecule has 3 heterocycles. The number of carbonyl (C=O) groups is 3. The molecular weight excluding hydrogens is 528 g/mol. The number of anilines is 1. The van der Waals surface area contributed by atoms with E-state index in [4.69, 9.17) is 9.47 Å². The predicted octanol–water partition coefficient (Wildman–Crippen LogP) is 5.69. The van der Waals surface area contributed by atoms with Crippen LogP contribution >= 0.6 is 0 Å². The standard InChI is InChI=1S/C35H28N2O5/c1-41-23-16-17-25(28(20-23)42-2)32(39)29-30(31(38)22-11-4-3-5-12-22)37-19-18-21-10-6-7-13-24(21)33(37)35(29)26-14-8-9-15-27(26)36-34(35)40/h3-20,29-30,33H,1-2H3,(H,36,40)/t29-,30+,33-,35+/m0/s1. The van der Waals surface area contributed by atoms with Crippen LogP contribution in [0.4, 0.5) is 5.69 Å². The van der Waals surface area contributed by atoms with Gasteiger partial charge in [-0.2, -0.15) is 0 Å². The smallest absolute Gasteiger partial charge is 0.238 e. The first-order chi connectivity index (χ1) is 20.5. The van der Waals surface area contributed by atoms with E-state index in [1.807, 2.05) is 71.8 Å². The number of ketones is 2. The molecule has 3 aliphatic rings. The third kappa shape index (κ3) is 3.49. The number of nitrogens with zero attached hydrogens (tertiary/aromatic N) is 1. The molecule has 1 saturated heterocycles. The number of benzene rings is 4. The molecule has 0 unspecified atom stereocenters. The summed E-state index contributed by atoms with van der Waals surface area (Å²) in [6.45, 7) is 0. The van der Waals surface area contributed by atoms with Crippen molar-refractivity contribution >= 4 is 29.2 Å². The Morgan fingerprint density at radius 2 is 1.57 bits per heavy atom. The average Bonchev–Trinajstić information content (AvgIpc) is 3.52. The number of Topliss-reactive ketones (excluding diaryl/α,β-unsaturated/α-hetero) is 2. The van der Waals surface area contributed by atoms with Crippen molar-refractivity contribution in [1.29, 1.82) is 0 Å². The predicted molar refractivity (Wildman–Crippen MR) is 159 cm³/mol. The Morgan fingerprint density at radius 1 is 0.833 bits per heavy atom. The van der Waals surface area contributed by atoms with Crippen molar-refractivity contribution in [2.45, 2.75) is 17.5 Å². The number of hydrogen-bond donors (Lipinski definition) is 1. The van der Waals surface area contributed by atoms with Crippen LogP contribution in [0.2, 0.25) is 0 Å². The molecule has 42 heavy (non-hydrogen) atoms. The summed E-state index contributed by atoms with van der Waals surface area (Å²) >= 11 is 0. The van der Waals surface area contributed by atoms with Crippen LogP contribution in [0.1, 0.15) is 43.4 Å². The SMILES string of the molecule is COc1ccc(C(=O)[C@@H]2[C@H](C(=O)c3ccccc3)N3C=Cc4ccccc4[C@H]3[C@]23C(=O)Nc2ccccc23)c(OC)c1. The average molecular weight is 557 g/mol. The van der Waals surface area contributed by atoms with Crippen LogP contribution in [-0.4, -0.2) is 42.6 Å². The summed E-state index contributed by atoms with van der Waals surface area (Å²) in [5, 5.41) is 3.07. The summed E-state index contributed by atoms with van der Waals surface area (Å²) in [5.41, 5.74) is 2.51. The van der Waals surface area contributed by atoms with Crippen molar-refractivity contribution in [3.8, 4) is 11.5 Å². The van der Waals surface area contributed by atoms with Gasteiger partial charge in [0.15, 0.2) is 11.6 Å². The number of nitrogens with one attached hydrogen (secondary N) is 1. The second-order valence-electron chi connectivity index (χ2n) is 10.7. The number of fused-ring (bicyclic) bond motifs is 6. The first-order valence-corrected chi connectivity index (χ1v) is 13.8. The monoisotopic (exact) mass is 556 g/mol. The van der Waals surface area contributed by atoms with E-state index in [0.29, 0.717) is 28.3 Å². The molecule has 1 spiro atoms. The van der Waals surface area contributed by atoms with E-state index in [1.54, 1.807) is 49.6 Å². The Morgan fingerprint density at radius 3 is 2.36 bits per heavy atom. The van der Waals surface area contributed by atoms with Crippen LogP contribution in [0.15, 0.2) is 103 Å². The number of amides is 1. The van der Waals surface area contributed by atoms with Gasteiger partial charge in [0.1, 0.15) is 23.0 Å². The lowest BCUT2D eigenvalue weighted by Gasteiger charge is -2.38. The third-order valence-electron chi connectivity index (χ3n) is 8.85. The molecule has 3 aliphatic heterocycles. The molecule has 4 aromatic carbocycles. The summed E-state index contributed by atoms with van der Waals surface area (Å²) in [7, 11) is 3.03. The fraction of sp³-hybridized carbons (Fsp3) is 0.171. The number of methoxy groups -OCH3 is 2. The first kappa shape index (κ1) is 25.8. The van der Waals surface area contributed by atoms with Gasteiger partial charge in [-0.1, -0.05) is 72.8 Å². The number of para-hydroxylation sites is 1. The molecule has 0 saturated carbocycles. The van der Waals surface area contributed by atoms with Gasteiger partial charge < -0.3 is 19.7 Å². The number of rotatable bonds is 6. The summed E-state index contributed by atoms with van der Waals surface area (Å²) in [6, 6.07) is 27.7. The van der Waals surface area contributed by atoms with Gasteiger partial charge in [0.05, 0.1) is 31.7 Å². The third-order valence-corrected chi connectivity index (χ3v) is 8.85. The summed E-state index contributed by atoms with van der Waals surface area (Å²) in [6.07, 6.45) is 3.82. The van der Waals surface area contributed by atoms with Crippen molar-refractivity contribution in [2.75, 3.05) is 19.5 Å². The Balaban J connectivity index is 1.54. The zero-order valence-electron chi connectivity index (χ0n) is 23.1. The van der Waals surface area contributed by atoms with E-state index in [2.05, 4.69) is 5.32 Å². The highest BCUT2D eigenvalue weighted by molar-refractivity contribution is 6.17. The lowest BCUT2D eigenvalue weighted by atomic mass is 9.62. The molecule has 7 nitrogen and oxygen atoms in total. The quantitative estimate of drug-likeness (QED) is 0.308. The van der Waals surface area contributed by atoms with Crippen LogP contribution in [-0.2, 0) is 10.2 Å². The largest absolute Gasteiger partial charge is 0.497 e. The number of ether oxygens (including phenoxy) is 2. The summed E-state index contributed by atoms with van der Waals surface area (Å²) in [4.78, 5) is 46.1. The van der Waals surface area contributed by atoms with Gasteiger partial charge in [0.25, 0.3) is 0 Å². The lowest BCUT2D eigenvalue weighted by Crippen LogP contribution is -2.49. The van der Waals surface area contributed by atoms with E-state index in [1.165, 1.54) is 7.11 Å². The van der Waals surface area contributed by atoms with Crippen LogP contribution in [0.25, 0.3) is 6.08 Å². The molecule has 0 aromatic heterocycles. The second-order valence-corrected chi connectivity index (χ2v) is 10.7. The zero-order valence-corrected chi connectivity index (χ0v) is 23.1. The van der Waals surface area contributed by atoms with Crippen LogP contribution < -0.4 is 14.8 Å². The van der Waals surface area contributed by atoms with Crippen LogP contribution in [0, 0.1) is 5.92 Å². The zero-order chi connectivity index (χ0) is 29.0. The van der Waals surface area contributed by atoms with Crippen molar-refractivity contribution in [3.05, 3.63) is 131 Å². The Kier molecular flexibility index (Phi) is 5.97. The van der Waals surface area contributed by atoms with Crippen molar-refractivity contribution in [3.63, 3.8) is 0 Å². The Bertz CT molecular complexity index is 1780. The van der Waals surface area contributed by atoms with E-state index in [9.17, 15) is 9.59 Å². The van der Waals surface area contributed by atoms with Gasteiger partial charge in [-0.3, -0.25) is 14.4 Å². The molecule has 1 amide bonds. The van der Waals surface area contributed by atoms with E-state index >= 15 is 4.79 Å². The maximum Gasteiger partial charge on any atom is 0.238 e. The normalized spacial score (nSPS) is 23.1. The van der Waals surface area contributed by atoms with Gasteiger partial charge in [0.2, 0.25) is 5.91 Å².